The van der Waals surface area contributed by atoms with Crippen LogP contribution in [-0.2, 0) is 0 Å². The first-order chi connectivity index (χ1) is 12.1. The average Bonchev–Trinajstić information content (AvgIpc) is 2.63. The monoisotopic (exact) mass is 360 g/mol. The smallest absolute Gasteiger partial charge is 0.257 e. The fraction of sp³-hybridized carbons (Fsp3) is 0.316. The van der Waals surface area contributed by atoms with Crippen molar-refractivity contribution in [1.82, 2.24) is 4.90 Å². The molecule has 0 saturated carbocycles. The second-order valence-electron chi connectivity index (χ2n) is 5.82. The SMILES string of the molecule is CCCN1C(=O)c2ccc(Cl)cc2NC1c1cccc(OC)c1OC. The van der Waals surface area contributed by atoms with Gasteiger partial charge in [-0.1, -0.05) is 30.7 Å². The topological polar surface area (TPSA) is 50.8 Å². The van der Waals surface area contributed by atoms with Crippen LogP contribution in [0.1, 0.15) is 35.4 Å². The number of hydrogen-bond acceptors (Lipinski definition) is 4. The third-order valence-corrected chi connectivity index (χ3v) is 4.50. The Balaban J connectivity index is 2.12. The number of methoxy groups -OCH3 is 2. The summed E-state index contributed by atoms with van der Waals surface area (Å²) in [6, 6.07) is 10.9. The predicted octanol–water partition coefficient (Wildman–Crippen LogP) is 4.33. The van der Waals surface area contributed by atoms with Crippen LogP contribution < -0.4 is 14.8 Å². The summed E-state index contributed by atoms with van der Waals surface area (Å²) >= 11 is 6.11. The second kappa shape index (κ2) is 7.23. The maximum absolute atomic E-state index is 13.0. The molecule has 1 N–H and O–H groups in total. The van der Waals surface area contributed by atoms with Crippen molar-refractivity contribution >= 4 is 23.2 Å². The van der Waals surface area contributed by atoms with Gasteiger partial charge in [-0.15, -0.1) is 0 Å². The Bertz CT molecular complexity index is 794. The molecule has 6 heteroatoms. The lowest BCUT2D eigenvalue weighted by Crippen LogP contribution is -2.43. The number of ether oxygens (including phenoxy) is 2. The van der Waals surface area contributed by atoms with Gasteiger partial charge < -0.3 is 19.7 Å². The molecule has 2 aromatic carbocycles. The normalized spacial score (nSPS) is 16.2. The molecule has 0 fully saturated rings. The summed E-state index contributed by atoms with van der Waals surface area (Å²) in [5, 5.41) is 4.01. The van der Waals surface area contributed by atoms with E-state index in [9.17, 15) is 4.79 Å². The van der Waals surface area contributed by atoms with E-state index < -0.39 is 0 Å². The van der Waals surface area contributed by atoms with Crippen molar-refractivity contribution in [3.05, 3.63) is 52.5 Å². The van der Waals surface area contributed by atoms with Crippen LogP contribution in [0.4, 0.5) is 5.69 Å². The van der Waals surface area contributed by atoms with E-state index >= 15 is 0 Å². The quantitative estimate of drug-likeness (QED) is 0.862. The number of carbonyl (C=O) groups is 1. The number of nitrogens with one attached hydrogen (secondary N) is 1. The fourth-order valence-corrected chi connectivity index (χ4v) is 3.34. The van der Waals surface area contributed by atoms with E-state index in [1.165, 1.54) is 0 Å². The van der Waals surface area contributed by atoms with Crippen molar-refractivity contribution in [3.8, 4) is 11.5 Å². The minimum Gasteiger partial charge on any atom is -0.493 e. The van der Waals surface area contributed by atoms with Crippen molar-refractivity contribution in [2.75, 3.05) is 26.1 Å². The molecule has 0 bridgehead atoms. The molecule has 1 heterocycles. The Labute approximate surface area is 152 Å². The van der Waals surface area contributed by atoms with Crippen molar-refractivity contribution in [1.29, 1.82) is 0 Å². The van der Waals surface area contributed by atoms with Gasteiger partial charge in [0.05, 0.1) is 25.5 Å². The molecule has 0 aromatic heterocycles. The molecule has 0 aliphatic carbocycles. The second-order valence-corrected chi connectivity index (χ2v) is 6.25. The number of carbonyl (C=O) groups excluding carboxylic acids is 1. The van der Waals surface area contributed by atoms with E-state index in [1.807, 2.05) is 30.0 Å². The van der Waals surface area contributed by atoms with E-state index in [2.05, 4.69) is 5.32 Å². The molecule has 0 saturated heterocycles. The highest BCUT2D eigenvalue weighted by atomic mass is 35.5. The first kappa shape index (κ1) is 17.4. The summed E-state index contributed by atoms with van der Waals surface area (Å²) in [5.74, 6) is 1.21. The Morgan fingerprint density at radius 1 is 1.20 bits per heavy atom. The molecule has 2 aromatic rings. The highest BCUT2D eigenvalue weighted by Gasteiger charge is 2.34. The Kier molecular flexibility index (Phi) is 5.04. The van der Waals surface area contributed by atoms with Gasteiger partial charge in [-0.2, -0.15) is 0 Å². The third-order valence-electron chi connectivity index (χ3n) is 4.27. The zero-order valence-corrected chi connectivity index (χ0v) is 15.3. The number of hydrogen-bond donors (Lipinski definition) is 1. The zero-order chi connectivity index (χ0) is 18.0. The molecule has 1 aliphatic rings. The molecule has 1 amide bonds. The minimum absolute atomic E-state index is 0.0258. The lowest BCUT2D eigenvalue weighted by atomic mass is 10.0. The van der Waals surface area contributed by atoms with Crippen LogP contribution in [-0.4, -0.2) is 31.6 Å². The van der Waals surface area contributed by atoms with Gasteiger partial charge in [-0.05, 0) is 30.7 Å². The number of rotatable bonds is 5. The van der Waals surface area contributed by atoms with Gasteiger partial charge in [0.2, 0.25) is 0 Å². The minimum atomic E-state index is -0.358. The first-order valence-corrected chi connectivity index (χ1v) is 8.56. The molecule has 0 spiro atoms. The molecular formula is C19H21ClN2O3. The number of nitrogens with zero attached hydrogens (tertiary/aromatic N) is 1. The highest BCUT2D eigenvalue weighted by molar-refractivity contribution is 6.31. The summed E-state index contributed by atoms with van der Waals surface area (Å²) in [6.45, 7) is 2.67. The summed E-state index contributed by atoms with van der Waals surface area (Å²) in [5.41, 5.74) is 2.19. The van der Waals surface area contributed by atoms with E-state index in [0.29, 0.717) is 28.6 Å². The maximum atomic E-state index is 13.0. The number of halogens is 1. The van der Waals surface area contributed by atoms with E-state index in [1.54, 1.807) is 32.4 Å². The Morgan fingerprint density at radius 3 is 2.68 bits per heavy atom. The molecule has 1 aliphatic heterocycles. The molecule has 25 heavy (non-hydrogen) atoms. The zero-order valence-electron chi connectivity index (χ0n) is 14.5. The van der Waals surface area contributed by atoms with Gasteiger partial charge in [-0.25, -0.2) is 0 Å². The molecule has 132 valence electrons. The Morgan fingerprint density at radius 2 is 2.00 bits per heavy atom. The molecule has 1 atom stereocenters. The summed E-state index contributed by atoms with van der Waals surface area (Å²) in [4.78, 5) is 14.8. The average molecular weight is 361 g/mol. The molecule has 3 rings (SSSR count). The van der Waals surface area contributed by atoms with Gasteiger partial charge in [0.25, 0.3) is 5.91 Å². The summed E-state index contributed by atoms with van der Waals surface area (Å²) < 4.78 is 11.0. The van der Waals surface area contributed by atoms with E-state index in [-0.39, 0.29) is 12.1 Å². The maximum Gasteiger partial charge on any atom is 0.257 e. The first-order valence-electron chi connectivity index (χ1n) is 8.18. The van der Waals surface area contributed by atoms with Crippen molar-refractivity contribution in [3.63, 3.8) is 0 Å². The standard InChI is InChI=1S/C19H21ClN2O3/c1-4-10-22-18(14-6-5-7-16(24-2)17(14)25-3)21-15-11-12(20)8-9-13(15)19(22)23/h5-9,11,18,21H,4,10H2,1-3H3. The van der Waals surface area contributed by atoms with Gasteiger partial charge >= 0.3 is 0 Å². The number of benzene rings is 2. The predicted molar refractivity (Wildman–Crippen MR) is 98.7 cm³/mol. The number of fused-ring (bicyclic) bond motifs is 1. The van der Waals surface area contributed by atoms with E-state index in [0.717, 1.165) is 17.7 Å². The van der Waals surface area contributed by atoms with Crippen LogP contribution in [0.15, 0.2) is 36.4 Å². The van der Waals surface area contributed by atoms with Crippen LogP contribution in [0.25, 0.3) is 0 Å². The number of para-hydroxylation sites is 1. The molecule has 5 nitrogen and oxygen atoms in total. The van der Waals surface area contributed by atoms with Crippen LogP contribution in [0, 0.1) is 0 Å². The third kappa shape index (κ3) is 3.12. The van der Waals surface area contributed by atoms with Crippen molar-refractivity contribution in [2.45, 2.75) is 19.5 Å². The lowest BCUT2D eigenvalue weighted by molar-refractivity contribution is 0.0681. The highest BCUT2D eigenvalue weighted by Crippen LogP contribution is 2.41. The van der Waals surface area contributed by atoms with Gasteiger partial charge in [-0.3, -0.25) is 4.79 Å². The Hall–Kier alpha value is -2.40. The largest absolute Gasteiger partial charge is 0.493 e. The van der Waals surface area contributed by atoms with Crippen LogP contribution in [0.3, 0.4) is 0 Å². The van der Waals surface area contributed by atoms with E-state index in [4.69, 9.17) is 21.1 Å². The number of anilines is 1. The molecule has 0 radical (unpaired) electrons. The number of amides is 1. The van der Waals surface area contributed by atoms with Gasteiger partial charge in [0.15, 0.2) is 11.5 Å². The molecular weight excluding hydrogens is 340 g/mol. The lowest BCUT2D eigenvalue weighted by Gasteiger charge is -2.38. The fourth-order valence-electron chi connectivity index (χ4n) is 3.16. The van der Waals surface area contributed by atoms with Gasteiger partial charge in [0.1, 0.15) is 6.17 Å². The van der Waals surface area contributed by atoms with Crippen molar-refractivity contribution in [2.24, 2.45) is 0 Å². The van der Waals surface area contributed by atoms with Crippen LogP contribution >= 0.6 is 11.6 Å². The molecule has 1 unspecified atom stereocenters. The van der Waals surface area contributed by atoms with Crippen LogP contribution in [0.5, 0.6) is 11.5 Å². The van der Waals surface area contributed by atoms with Crippen molar-refractivity contribution < 1.29 is 14.3 Å². The summed E-state index contributed by atoms with van der Waals surface area (Å²) in [7, 11) is 3.20. The summed E-state index contributed by atoms with van der Waals surface area (Å²) in [6.07, 6.45) is 0.488. The van der Waals surface area contributed by atoms with Crippen LogP contribution in [0.2, 0.25) is 5.02 Å². The van der Waals surface area contributed by atoms with Gasteiger partial charge in [0, 0.05) is 17.1 Å².